The van der Waals surface area contributed by atoms with Crippen molar-refractivity contribution in [3.8, 4) is 5.69 Å². The summed E-state index contributed by atoms with van der Waals surface area (Å²) in [6.45, 7) is -1.71. The van der Waals surface area contributed by atoms with Gasteiger partial charge in [-0.2, -0.15) is 31.4 Å². The summed E-state index contributed by atoms with van der Waals surface area (Å²) < 4.78 is 99.4. The van der Waals surface area contributed by atoms with Crippen LogP contribution in [0.25, 0.3) is 5.69 Å². The Morgan fingerprint density at radius 1 is 1.15 bits per heavy atom. The molecule has 0 saturated carbocycles. The van der Waals surface area contributed by atoms with E-state index < -0.39 is 48.5 Å². The molecule has 186 valence electrons. The normalized spacial score (nSPS) is 17.8. The number of carbonyl (C=O) groups is 1. The molecule has 1 aromatic heterocycles. The van der Waals surface area contributed by atoms with Crippen LogP contribution in [0.3, 0.4) is 0 Å². The second-order valence-corrected chi connectivity index (χ2v) is 8.25. The fraction of sp³-hybridized carbons (Fsp3) is 0.524. The molecule has 2 aliphatic rings. The zero-order valence-corrected chi connectivity index (χ0v) is 17.6. The number of benzene rings is 1. The second kappa shape index (κ2) is 8.75. The van der Waals surface area contributed by atoms with E-state index in [1.54, 1.807) is 0 Å². The highest BCUT2D eigenvalue weighted by atomic mass is 19.4. The number of likely N-dealkylation sites (tertiary alicyclic amines) is 1. The Morgan fingerprint density at radius 2 is 1.82 bits per heavy atom. The molecule has 0 radical (unpaired) electrons. The van der Waals surface area contributed by atoms with Crippen molar-refractivity contribution in [1.29, 1.82) is 0 Å². The molecule has 2 aliphatic heterocycles. The van der Waals surface area contributed by atoms with Crippen LogP contribution in [0.15, 0.2) is 18.2 Å². The Balaban J connectivity index is 1.56. The molecular weight excluding hydrogens is 475 g/mol. The summed E-state index contributed by atoms with van der Waals surface area (Å²) in [5.74, 6) is -1.20. The number of hydrogen-bond acceptors (Lipinski definition) is 4. The molecule has 0 aliphatic carbocycles. The van der Waals surface area contributed by atoms with Crippen molar-refractivity contribution in [2.24, 2.45) is 0 Å². The first-order chi connectivity index (χ1) is 15.9. The SMILES string of the molecule is O=C(OC(CO)C(F)(F)F)N1CCC(c2nn3c(c2C(F)(F)F)CCc2cc(F)ccc2-3)CC1. The molecule has 0 spiro atoms. The molecule has 34 heavy (non-hydrogen) atoms. The van der Waals surface area contributed by atoms with Crippen molar-refractivity contribution in [1.82, 2.24) is 14.7 Å². The van der Waals surface area contributed by atoms with Crippen molar-refractivity contribution in [3.63, 3.8) is 0 Å². The van der Waals surface area contributed by atoms with Crippen molar-refractivity contribution in [3.05, 3.63) is 46.5 Å². The first-order valence-electron chi connectivity index (χ1n) is 10.5. The summed E-state index contributed by atoms with van der Waals surface area (Å²) in [5, 5.41) is 13.1. The number of halogens is 7. The Morgan fingerprint density at radius 3 is 2.41 bits per heavy atom. The van der Waals surface area contributed by atoms with E-state index in [9.17, 15) is 35.5 Å². The first-order valence-corrected chi connectivity index (χ1v) is 10.5. The van der Waals surface area contributed by atoms with Crippen LogP contribution in [0.1, 0.15) is 41.3 Å². The topological polar surface area (TPSA) is 67.6 Å². The molecule has 2 aromatic rings. The van der Waals surface area contributed by atoms with Gasteiger partial charge in [0.05, 0.1) is 23.7 Å². The van der Waals surface area contributed by atoms with E-state index in [4.69, 9.17) is 5.11 Å². The molecule has 0 bridgehead atoms. The average Bonchev–Trinajstić information content (AvgIpc) is 3.17. The molecule has 1 saturated heterocycles. The molecule has 1 amide bonds. The number of alkyl halides is 6. The number of hydrogen-bond donors (Lipinski definition) is 1. The monoisotopic (exact) mass is 495 g/mol. The predicted octanol–water partition coefficient (Wildman–Crippen LogP) is 4.37. The number of rotatable bonds is 3. The predicted molar refractivity (Wildman–Crippen MR) is 103 cm³/mol. The number of aliphatic hydroxyl groups is 1. The largest absolute Gasteiger partial charge is 0.434 e. The van der Waals surface area contributed by atoms with Gasteiger partial charge in [0, 0.05) is 19.0 Å². The summed E-state index contributed by atoms with van der Waals surface area (Å²) in [7, 11) is 0. The number of aryl methyl sites for hydroxylation is 1. The molecule has 1 atom stereocenters. The van der Waals surface area contributed by atoms with Gasteiger partial charge in [-0.15, -0.1) is 0 Å². The van der Waals surface area contributed by atoms with Gasteiger partial charge in [-0.1, -0.05) is 0 Å². The molecule has 6 nitrogen and oxygen atoms in total. The number of carbonyl (C=O) groups excluding carboxylic acids is 1. The van der Waals surface area contributed by atoms with E-state index in [-0.39, 0.29) is 50.2 Å². The van der Waals surface area contributed by atoms with Crippen LogP contribution in [0.5, 0.6) is 0 Å². The third-order valence-electron chi connectivity index (χ3n) is 6.11. The Hall–Kier alpha value is -2.83. The lowest BCUT2D eigenvalue weighted by molar-refractivity contribution is -0.214. The first kappa shape index (κ1) is 24.3. The van der Waals surface area contributed by atoms with Gasteiger partial charge in [0.2, 0.25) is 6.10 Å². The molecule has 1 fully saturated rings. The highest BCUT2D eigenvalue weighted by Gasteiger charge is 2.45. The van der Waals surface area contributed by atoms with Crippen molar-refractivity contribution < 1.29 is 45.4 Å². The average molecular weight is 495 g/mol. The maximum Gasteiger partial charge on any atom is 0.427 e. The maximum absolute atomic E-state index is 14.0. The number of ether oxygens (including phenoxy) is 1. The molecule has 4 rings (SSSR count). The van der Waals surface area contributed by atoms with Crippen LogP contribution >= 0.6 is 0 Å². The van der Waals surface area contributed by atoms with Crippen LogP contribution in [-0.2, 0) is 23.8 Å². The van der Waals surface area contributed by atoms with Crippen molar-refractivity contribution in [2.45, 2.75) is 50.1 Å². The lowest BCUT2D eigenvalue weighted by Crippen LogP contribution is -2.44. The highest BCUT2D eigenvalue weighted by Crippen LogP contribution is 2.43. The molecule has 3 heterocycles. The summed E-state index contributed by atoms with van der Waals surface area (Å²) in [4.78, 5) is 13.0. The molecule has 1 N–H and O–H groups in total. The summed E-state index contributed by atoms with van der Waals surface area (Å²) in [6.07, 6.45) is -13.3. The second-order valence-electron chi connectivity index (χ2n) is 8.25. The minimum atomic E-state index is -4.95. The third kappa shape index (κ3) is 4.57. The Kier molecular flexibility index (Phi) is 6.25. The van der Waals surface area contributed by atoms with Crippen molar-refractivity contribution in [2.75, 3.05) is 19.7 Å². The van der Waals surface area contributed by atoms with Crippen molar-refractivity contribution >= 4 is 6.09 Å². The number of fused-ring (bicyclic) bond motifs is 3. The minimum absolute atomic E-state index is 0.0173. The van der Waals surface area contributed by atoms with Gasteiger partial charge >= 0.3 is 18.4 Å². The smallest absolute Gasteiger partial charge is 0.427 e. The quantitative estimate of drug-likeness (QED) is 0.643. The number of amides is 1. The van der Waals surface area contributed by atoms with E-state index in [1.807, 2.05) is 0 Å². The molecule has 1 unspecified atom stereocenters. The van der Waals surface area contributed by atoms with E-state index in [1.165, 1.54) is 16.8 Å². The van der Waals surface area contributed by atoms with E-state index in [0.29, 0.717) is 11.3 Å². The fourth-order valence-corrected chi connectivity index (χ4v) is 4.45. The Bertz CT molecular complexity index is 1070. The molecule has 13 heteroatoms. The fourth-order valence-electron chi connectivity index (χ4n) is 4.45. The van der Waals surface area contributed by atoms with Gasteiger partial charge in [0.1, 0.15) is 11.4 Å². The van der Waals surface area contributed by atoms with Gasteiger partial charge in [-0.3, -0.25) is 0 Å². The molecule has 1 aromatic carbocycles. The van der Waals surface area contributed by atoms with Gasteiger partial charge in [0.25, 0.3) is 0 Å². The van der Waals surface area contributed by atoms with Gasteiger partial charge < -0.3 is 14.7 Å². The third-order valence-corrected chi connectivity index (χ3v) is 6.11. The van der Waals surface area contributed by atoms with Crippen LogP contribution in [0.4, 0.5) is 35.5 Å². The number of nitrogens with zero attached hydrogens (tertiary/aromatic N) is 3. The number of piperidine rings is 1. The lowest BCUT2D eigenvalue weighted by Gasteiger charge is -2.32. The summed E-state index contributed by atoms with van der Waals surface area (Å²) in [5.41, 5.74) is -0.185. The van der Waals surface area contributed by atoms with Crippen LogP contribution in [-0.4, -0.2) is 57.9 Å². The zero-order chi connectivity index (χ0) is 24.8. The van der Waals surface area contributed by atoms with Gasteiger partial charge in [-0.25, -0.2) is 13.9 Å². The minimum Gasteiger partial charge on any atom is -0.434 e. The summed E-state index contributed by atoms with van der Waals surface area (Å²) in [6, 6.07) is 3.78. The standard InChI is InChI=1S/C21H20F7N3O3/c22-13-2-4-14-12(9-13)1-3-15-17(21(26,27)28)18(29-31(14)15)11-5-7-30(8-6-11)19(33)34-16(10-32)20(23,24)25/h2,4,9,11,16,32H,1,3,5-8,10H2. The highest BCUT2D eigenvalue weighted by molar-refractivity contribution is 5.68. The summed E-state index contributed by atoms with van der Waals surface area (Å²) >= 11 is 0. The number of aromatic nitrogens is 2. The lowest BCUT2D eigenvalue weighted by atomic mass is 9.89. The van der Waals surface area contributed by atoms with E-state index in [2.05, 4.69) is 9.84 Å². The van der Waals surface area contributed by atoms with Gasteiger partial charge in [-0.05, 0) is 49.4 Å². The molecular formula is C21H20F7N3O3. The number of aliphatic hydroxyl groups excluding tert-OH is 1. The van der Waals surface area contributed by atoms with Crippen LogP contribution in [0.2, 0.25) is 0 Å². The van der Waals surface area contributed by atoms with Crippen LogP contribution in [0, 0.1) is 5.82 Å². The zero-order valence-electron chi connectivity index (χ0n) is 17.6. The van der Waals surface area contributed by atoms with E-state index >= 15 is 0 Å². The Labute approximate surface area is 188 Å². The van der Waals surface area contributed by atoms with E-state index in [0.717, 1.165) is 11.0 Å². The van der Waals surface area contributed by atoms with Crippen LogP contribution < -0.4 is 0 Å². The van der Waals surface area contributed by atoms with Gasteiger partial charge in [0.15, 0.2) is 0 Å². The maximum atomic E-state index is 14.0.